The fourth-order valence-electron chi connectivity index (χ4n) is 3.17. The first-order valence-corrected chi connectivity index (χ1v) is 11.1. The van der Waals surface area contributed by atoms with Crippen molar-refractivity contribution < 1.29 is 24.2 Å². The number of thiol groups is 1. The molecule has 3 N–H and O–H groups in total. The van der Waals surface area contributed by atoms with Gasteiger partial charge in [0.25, 0.3) is 5.91 Å². The number of nitrogens with zero attached hydrogens (tertiary/aromatic N) is 1. The van der Waals surface area contributed by atoms with E-state index in [0.717, 1.165) is 5.56 Å². The first-order chi connectivity index (χ1) is 15.4. The molecule has 2 aromatic rings. The van der Waals surface area contributed by atoms with E-state index in [2.05, 4.69) is 23.3 Å². The average Bonchev–Trinajstić information content (AvgIpc) is 2.73. The minimum atomic E-state index is -1.17. The molecule has 0 spiro atoms. The van der Waals surface area contributed by atoms with Crippen molar-refractivity contribution in [1.29, 1.82) is 0 Å². The Balaban J connectivity index is 2.34. The van der Waals surface area contributed by atoms with Crippen LogP contribution < -0.4 is 10.6 Å². The van der Waals surface area contributed by atoms with Crippen LogP contribution in [0.25, 0.3) is 0 Å². The fourth-order valence-corrected chi connectivity index (χ4v) is 3.41. The van der Waals surface area contributed by atoms with E-state index in [0.29, 0.717) is 5.69 Å². The molecule has 178 valence electrons. The largest absolute Gasteiger partial charge is 0.508 e. The van der Waals surface area contributed by atoms with Crippen LogP contribution in [0, 0.1) is 6.92 Å². The van der Waals surface area contributed by atoms with Gasteiger partial charge in [-0.25, -0.2) is 4.79 Å². The van der Waals surface area contributed by atoms with Crippen LogP contribution >= 0.6 is 12.6 Å². The highest BCUT2D eigenvalue weighted by atomic mass is 32.1. The molecule has 2 aromatic carbocycles. The molecule has 0 saturated carbocycles. The number of hydrogen-bond acceptors (Lipinski definition) is 6. The predicted octanol–water partition coefficient (Wildman–Crippen LogP) is 3.66. The van der Waals surface area contributed by atoms with Crippen molar-refractivity contribution >= 4 is 36.2 Å². The summed E-state index contributed by atoms with van der Waals surface area (Å²) in [6.07, 6.45) is -0.772. The number of para-hydroxylation sites is 2. The molecule has 8 nitrogen and oxygen atoms in total. The lowest BCUT2D eigenvalue weighted by Gasteiger charge is -2.31. The average molecular weight is 474 g/mol. The maximum absolute atomic E-state index is 13.3. The van der Waals surface area contributed by atoms with E-state index in [-0.39, 0.29) is 17.1 Å². The zero-order chi connectivity index (χ0) is 24.8. The molecule has 0 saturated heterocycles. The number of phenols is 1. The first-order valence-electron chi connectivity index (χ1n) is 10.5. The van der Waals surface area contributed by atoms with E-state index in [1.807, 2.05) is 19.1 Å². The van der Waals surface area contributed by atoms with Gasteiger partial charge < -0.3 is 25.4 Å². The smallest absolute Gasteiger partial charge is 0.408 e. The lowest BCUT2D eigenvalue weighted by Crippen LogP contribution is -2.52. The number of aryl methyl sites for hydroxylation is 1. The summed E-state index contributed by atoms with van der Waals surface area (Å²) in [5, 5.41) is 15.8. The van der Waals surface area contributed by atoms with Gasteiger partial charge in [0, 0.05) is 24.1 Å². The van der Waals surface area contributed by atoms with E-state index >= 15 is 0 Å². The molecule has 2 atom stereocenters. The Morgan fingerprint density at radius 3 is 2.27 bits per heavy atom. The van der Waals surface area contributed by atoms with Gasteiger partial charge in [-0.15, -0.1) is 0 Å². The van der Waals surface area contributed by atoms with Gasteiger partial charge in [-0.2, -0.15) is 12.6 Å². The molecule has 2 unspecified atom stereocenters. The summed E-state index contributed by atoms with van der Waals surface area (Å²) in [4.78, 5) is 40.0. The maximum atomic E-state index is 13.3. The lowest BCUT2D eigenvalue weighted by molar-refractivity contribution is -0.138. The Bertz CT molecular complexity index is 1010. The summed E-state index contributed by atoms with van der Waals surface area (Å²) in [5.41, 5.74) is 0.929. The number of amides is 3. The van der Waals surface area contributed by atoms with Crippen molar-refractivity contribution in [1.82, 2.24) is 10.2 Å². The third-order valence-corrected chi connectivity index (χ3v) is 5.15. The third kappa shape index (κ3) is 7.15. The van der Waals surface area contributed by atoms with Crippen LogP contribution in [-0.4, -0.2) is 52.4 Å². The van der Waals surface area contributed by atoms with E-state index in [9.17, 15) is 19.5 Å². The lowest BCUT2D eigenvalue weighted by atomic mass is 10.0. The standard InChI is InChI=1S/C24H31N3O5S/c1-15-10-6-8-12-17(15)25-21(29)20(16-11-7-9-13-19(16)28)27(5)22(30)18(14-33)26-23(31)32-24(2,3)4/h6-13,18,20,28,33H,14H2,1-5H3,(H,25,29)(H,26,31). The Morgan fingerprint density at radius 2 is 1.70 bits per heavy atom. The Morgan fingerprint density at radius 1 is 1.09 bits per heavy atom. The van der Waals surface area contributed by atoms with Crippen molar-refractivity contribution in [3.63, 3.8) is 0 Å². The molecule has 0 bridgehead atoms. The highest BCUT2D eigenvalue weighted by molar-refractivity contribution is 7.80. The van der Waals surface area contributed by atoms with Crippen LogP contribution in [0.5, 0.6) is 5.75 Å². The molecule has 0 fully saturated rings. The second-order valence-corrected chi connectivity index (χ2v) is 8.96. The second-order valence-electron chi connectivity index (χ2n) is 8.60. The van der Waals surface area contributed by atoms with Crippen molar-refractivity contribution in [3.8, 4) is 5.75 Å². The summed E-state index contributed by atoms with van der Waals surface area (Å²) >= 11 is 4.19. The molecule has 0 aliphatic heterocycles. The summed E-state index contributed by atoms with van der Waals surface area (Å²) < 4.78 is 5.23. The Kier molecular flexibility index (Phi) is 8.76. The normalized spacial score (nSPS) is 12.9. The van der Waals surface area contributed by atoms with E-state index in [1.165, 1.54) is 18.0 Å². The molecular weight excluding hydrogens is 442 g/mol. The van der Waals surface area contributed by atoms with Crippen molar-refractivity contribution in [2.45, 2.75) is 45.4 Å². The Hall–Kier alpha value is -3.20. The number of anilines is 1. The van der Waals surface area contributed by atoms with Crippen molar-refractivity contribution in [2.24, 2.45) is 0 Å². The topological polar surface area (TPSA) is 108 Å². The number of alkyl carbamates (subject to hydrolysis) is 1. The highest BCUT2D eigenvalue weighted by Crippen LogP contribution is 2.30. The number of aromatic hydroxyl groups is 1. The van der Waals surface area contributed by atoms with Crippen LogP contribution in [0.3, 0.4) is 0 Å². The number of benzene rings is 2. The summed E-state index contributed by atoms with van der Waals surface area (Å²) in [6, 6.07) is 11.3. The molecule has 3 amide bonds. The van der Waals surface area contributed by atoms with Crippen LogP contribution in [0.15, 0.2) is 48.5 Å². The van der Waals surface area contributed by atoms with E-state index in [1.54, 1.807) is 51.1 Å². The molecule has 2 rings (SSSR count). The minimum Gasteiger partial charge on any atom is -0.508 e. The van der Waals surface area contributed by atoms with Gasteiger partial charge in [0.05, 0.1) is 0 Å². The van der Waals surface area contributed by atoms with Crippen LogP contribution in [0.2, 0.25) is 0 Å². The summed E-state index contributed by atoms with van der Waals surface area (Å²) in [7, 11) is 1.43. The fraction of sp³-hybridized carbons (Fsp3) is 0.375. The van der Waals surface area contributed by atoms with Gasteiger partial charge in [0.2, 0.25) is 5.91 Å². The van der Waals surface area contributed by atoms with Gasteiger partial charge in [0.15, 0.2) is 0 Å². The number of nitrogens with one attached hydrogen (secondary N) is 2. The molecular formula is C24H31N3O5S. The summed E-state index contributed by atoms with van der Waals surface area (Å²) in [6.45, 7) is 6.97. The SMILES string of the molecule is Cc1ccccc1NC(=O)C(c1ccccc1O)N(C)C(=O)C(CS)NC(=O)OC(C)(C)C. The molecule has 0 aliphatic carbocycles. The zero-order valence-electron chi connectivity index (χ0n) is 19.5. The minimum absolute atomic E-state index is 0.0185. The molecule has 0 radical (unpaired) electrons. The van der Waals surface area contributed by atoms with Crippen molar-refractivity contribution in [3.05, 3.63) is 59.7 Å². The molecule has 33 heavy (non-hydrogen) atoms. The Labute approximate surface area is 199 Å². The number of phenolic OH excluding ortho intramolecular Hbond substituents is 1. The van der Waals surface area contributed by atoms with E-state index < -0.39 is 35.6 Å². The maximum Gasteiger partial charge on any atom is 0.408 e. The van der Waals surface area contributed by atoms with Crippen LogP contribution in [0.4, 0.5) is 10.5 Å². The number of carbonyl (C=O) groups excluding carboxylic acids is 3. The van der Waals surface area contributed by atoms with Gasteiger partial charge in [-0.1, -0.05) is 36.4 Å². The quantitative estimate of drug-likeness (QED) is 0.459. The highest BCUT2D eigenvalue weighted by Gasteiger charge is 2.35. The monoisotopic (exact) mass is 473 g/mol. The van der Waals surface area contributed by atoms with Gasteiger partial charge >= 0.3 is 6.09 Å². The first kappa shape index (κ1) is 26.1. The van der Waals surface area contributed by atoms with E-state index in [4.69, 9.17) is 4.74 Å². The van der Waals surface area contributed by atoms with Gasteiger partial charge in [-0.05, 0) is 45.4 Å². The molecule has 0 heterocycles. The number of carbonyl (C=O) groups is 3. The van der Waals surface area contributed by atoms with Crippen LogP contribution in [-0.2, 0) is 14.3 Å². The number of hydrogen-bond donors (Lipinski definition) is 4. The molecule has 0 aliphatic rings. The number of rotatable bonds is 7. The number of likely N-dealkylation sites (N-methyl/N-ethyl adjacent to an activating group) is 1. The zero-order valence-corrected chi connectivity index (χ0v) is 20.3. The molecule has 0 aromatic heterocycles. The van der Waals surface area contributed by atoms with Gasteiger partial charge in [-0.3, -0.25) is 9.59 Å². The summed E-state index contributed by atoms with van der Waals surface area (Å²) in [5.74, 6) is -1.24. The third-order valence-electron chi connectivity index (χ3n) is 4.79. The molecule has 9 heteroatoms. The second kappa shape index (κ2) is 11.1. The predicted molar refractivity (Wildman–Crippen MR) is 130 cm³/mol. The van der Waals surface area contributed by atoms with Crippen molar-refractivity contribution in [2.75, 3.05) is 18.1 Å². The van der Waals surface area contributed by atoms with Gasteiger partial charge in [0.1, 0.15) is 23.4 Å². The van der Waals surface area contributed by atoms with Crippen LogP contribution in [0.1, 0.15) is 37.9 Å². The number of ether oxygens (including phenoxy) is 1.